The Bertz CT molecular complexity index is 1240. The van der Waals surface area contributed by atoms with E-state index in [4.69, 9.17) is 24.3 Å². The number of esters is 2. The molecule has 0 fully saturated rings. The zero-order valence-electron chi connectivity index (χ0n) is 43.6. The first kappa shape index (κ1) is 65.0. The molecule has 0 saturated carbocycles. The maximum atomic E-state index is 12.7. The van der Waals surface area contributed by atoms with E-state index >= 15 is 0 Å². The first-order valence-corrected chi connectivity index (χ1v) is 29.6. The highest BCUT2D eigenvalue weighted by molar-refractivity contribution is 7.47. The Kier molecular flexibility index (Phi) is 51.7. The molecule has 0 saturated heterocycles. The average molecular weight is 964 g/mol. The van der Waals surface area contributed by atoms with Crippen molar-refractivity contribution in [3.05, 3.63) is 48.6 Å². The lowest BCUT2D eigenvalue weighted by Gasteiger charge is -2.19. The minimum Gasteiger partial charge on any atom is -0.462 e. The summed E-state index contributed by atoms with van der Waals surface area (Å²) in [7, 11) is -4.40. The fraction of sp³-hybridized carbons (Fsp3) is 0.825. The van der Waals surface area contributed by atoms with Crippen LogP contribution in [0.3, 0.4) is 0 Å². The van der Waals surface area contributed by atoms with Gasteiger partial charge in [-0.15, -0.1) is 0 Å². The molecule has 0 rings (SSSR count). The number of phosphoric ester groups is 1. The molecule has 67 heavy (non-hydrogen) atoms. The van der Waals surface area contributed by atoms with Crippen LogP contribution in [0, 0.1) is 0 Å². The maximum absolute atomic E-state index is 12.7. The van der Waals surface area contributed by atoms with Crippen LogP contribution in [-0.4, -0.2) is 49.3 Å². The van der Waals surface area contributed by atoms with E-state index in [0.29, 0.717) is 12.8 Å². The largest absolute Gasteiger partial charge is 0.472 e. The monoisotopic (exact) mass is 964 g/mol. The smallest absolute Gasteiger partial charge is 0.462 e. The number of unbranched alkanes of at least 4 members (excludes halogenated alkanes) is 32. The summed E-state index contributed by atoms with van der Waals surface area (Å²) in [4.78, 5) is 35.1. The molecule has 392 valence electrons. The van der Waals surface area contributed by atoms with E-state index in [9.17, 15) is 19.0 Å². The van der Waals surface area contributed by atoms with Gasteiger partial charge in [0.25, 0.3) is 0 Å². The van der Waals surface area contributed by atoms with E-state index in [1.54, 1.807) is 0 Å². The number of nitrogens with two attached hydrogens (primary N) is 1. The number of hydrogen-bond donors (Lipinski definition) is 2. The normalized spacial score (nSPS) is 13.4. The lowest BCUT2D eigenvalue weighted by molar-refractivity contribution is -0.161. The number of allylic oxidation sites excluding steroid dienone is 8. The van der Waals surface area contributed by atoms with Gasteiger partial charge in [0.15, 0.2) is 6.10 Å². The summed E-state index contributed by atoms with van der Waals surface area (Å²) in [6.07, 6.45) is 64.8. The molecule has 9 nitrogen and oxygen atoms in total. The summed E-state index contributed by atoms with van der Waals surface area (Å²) in [5.41, 5.74) is 5.37. The predicted octanol–water partition coefficient (Wildman–Crippen LogP) is 17.4. The van der Waals surface area contributed by atoms with Crippen molar-refractivity contribution in [2.75, 3.05) is 26.4 Å². The van der Waals surface area contributed by atoms with Crippen LogP contribution >= 0.6 is 7.82 Å². The molecule has 0 aromatic heterocycles. The maximum Gasteiger partial charge on any atom is 0.472 e. The van der Waals surface area contributed by atoms with Crippen LogP contribution < -0.4 is 5.73 Å². The van der Waals surface area contributed by atoms with Gasteiger partial charge in [0.2, 0.25) is 0 Å². The summed E-state index contributed by atoms with van der Waals surface area (Å²) in [6, 6.07) is 0. The third kappa shape index (κ3) is 53.2. The number of carbonyl (C=O) groups excluding carboxylic acids is 2. The first-order chi connectivity index (χ1) is 32.8. The molecule has 2 atom stereocenters. The van der Waals surface area contributed by atoms with Gasteiger partial charge >= 0.3 is 19.8 Å². The summed E-state index contributed by atoms with van der Waals surface area (Å²) in [5.74, 6) is -0.919. The first-order valence-electron chi connectivity index (χ1n) is 28.1. The van der Waals surface area contributed by atoms with E-state index in [1.165, 1.54) is 180 Å². The van der Waals surface area contributed by atoms with Gasteiger partial charge in [0.1, 0.15) is 6.61 Å². The van der Waals surface area contributed by atoms with E-state index in [2.05, 4.69) is 62.5 Å². The Morgan fingerprint density at radius 3 is 1.10 bits per heavy atom. The van der Waals surface area contributed by atoms with Crippen molar-refractivity contribution in [1.29, 1.82) is 0 Å². The highest BCUT2D eigenvalue weighted by atomic mass is 31.2. The Hall–Kier alpha value is -2.03. The minimum atomic E-state index is -4.40. The van der Waals surface area contributed by atoms with Crippen LogP contribution in [0.15, 0.2) is 48.6 Å². The topological polar surface area (TPSA) is 134 Å². The fourth-order valence-electron chi connectivity index (χ4n) is 7.97. The lowest BCUT2D eigenvalue weighted by atomic mass is 10.0. The molecule has 0 aliphatic rings. The van der Waals surface area contributed by atoms with E-state index in [-0.39, 0.29) is 32.6 Å². The Morgan fingerprint density at radius 1 is 0.433 bits per heavy atom. The molecule has 0 spiro atoms. The third-order valence-electron chi connectivity index (χ3n) is 12.1. The van der Waals surface area contributed by atoms with Crippen LogP contribution in [0.5, 0.6) is 0 Å². The molecular formula is C57H106NO8P. The van der Waals surface area contributed by atoms with Gasteiger partial charge in [-0.25, -0.2) is 4.57 Å². The zero-order chi connectivity index (χ0) is 48.8. The van der Waals surface area contributed by atoms with Crippen LogP contribution in [0.1, 0.15) is 271 Å². The van der Waals surface area contributed by atoms with Gasteiger partial charge in [-0.3, -0.25) is 18.6 Å². The second-order valence-electron chi connectivity index (χ2n) is 18.8. The van der Waals surface area contributed by atoms with Crippen molar-refractivity contribution in [3.63, 3.8) is 0 Å². The zero-order valence-corrected chi connectivity index (χ0v) is 44.5. The van der Waals surface area contributed by atoms with Gasteiger partial charge in [-0.1, -0.05) is 229 Å². The summed E-state index contributed by atoms with van der Waals surface area (Å²) >= 11 is 0. The highest BCUT2D eigenvalue weighted by Crippen LogP contribution is 2.43. The number of ether oxygens (including phenoxy) is 2. The number of hydrogen-bond acceptors (Lipinski definition) is 8. The third-order valence-corrected chi connectivity index (χ3v) is 13.1. The number of rotatable bonds is 53. The van der Waals surface area contributed by atoms with E-state index in [1.807, 2.05) is 0 Å². The standard InChI is InChI=1S/C57H106NO8P/c1-3-5-7-9-11-13-15-17-19-21-23-25-27-29-31-33-35-37-39-41-43-45-47-49-56(59)63-53-55(54-65-67(61,62)64-52-51-58)66-57(60)50-48-46-44-42-40-38-36-34-32-30-28-26-24-22-20-18-16-14-12-10-8-6-4-2/h33-36,41-44,55H,3-32,37-40,45-54,58H2,1-2H3,(H,61,62)/t55-/m1/s1. The van der Waals surface area contributed by atoms with Crippen LogP contribution in [0.25, 0.3) is 0 Å². The van der Waals surface area contributed by atoms with Gasteiger partial charge in [0.05, 0.1) is 13.2 Å². The highest BCUT2D eigenvalue weighted by Gasteiger charge is 2.26. The van der Waals surface area contributed by atoms with Gasteiger partial charge in [0, 0.05) is 19.4 Å². The van der Waals surface area contributed by atoms with Crippen molar-refractivity contribution in [2.24, 2.45) is 5.73 Å². The van der Waals surface area contributed by atoms with Crippen molar-refractivity contribution in [1.82, 2.24) is 0 Å². The molecule has 10 heteroatoms. The fourth-order valence-corrected chi connectivity index (χ4v) is 8.74. The average Bonchev–Trinajstić information content (AvgIpc) is 3.32. The molecule has 1 unspecified atom stereocenters. The molecule has 0 aromatic carbocycles. The minimum absolute atomic E-state index is 0.0421. The SMILES string of the molecule is CCCCCCCCCCCCCCCCC=CCCC=CCCCC(=O)OC[C@H](COP(=O)(O)OCCN)OC(=O)CCCC=CCCC=CCCCCCCCCCCCCCCCC. The quantitative estimate of drug-likeness (QED) is 0.0264. The van der Waals surface area contributed by atoms with Crippen molar-refractivity contribution < 1.29 is 37.6 Å². The molecule has 0 aromatic rings. The lowest BCUT2D eigenvalue weighted by Crippen LogP contribution is -2.29. The van der Waals surface area contributed by atoms with Crippen molar-refractivity contribution in [2.45, 2.75) is 277 Å². The predicted molar refractivity (Wildman–Crippen MR) is 284 cm³/mol. The van der Waals surface area contributed by atoms with Crippen molar-refractivity contribution in [3.8, 4) is 0 Å². The van der Waals surface area contributed by atoms with Crippen LogP contribution in [0.2, 0.25) is 0 Å². The van der Waals surface area contributed by atoms with Crippen molar-refractivity contribution >= 4 is 19.8 Å². The van der Waals surface area contributed by atoms with Gasteiger partial charge in [-0.05, 0) is 77.0 Å². The van der Waals surface area contributed by atoms with Crippen LogP contribution in [0.4, 0.5) is 0 Å². The second kappa shape index (κ2) is 53.3. The number of phosphoric acid groups is 1. The van der Waals surface area contributed by atoms with Crippen LogP contribution in [-0.2, 0) is 32.7 Å². The Balaban J connectivity index is 4.09. The Morgan fingerprint density at radius 2 is 0.746 bits per heavy atom. The Labute approximate surface area is 413 Å². The van der Waals surface area contributed by atoms with E-state index < -0.39 is 32.5 Å². The van der Waals surface area contributed by atoms with Gasteiger partial charge < -0.3 is 20.1 Å². The second-order valence-corrected chi connectivity index (χ2v) is 20.2. The molecule has 0 heterocycles. The molecule has 0 amide bonds. The summed E-state index contributed by atoms with van der Waals surface area (Å²) in [6.45, 7) is 3.70. The molecule has 3 N–H and O–H groups in total. The molecule has 0 radical (unpaired) electrons. The molecule has 0 bridgehead atoms. The number of carbonyl (C=O) groups is 2. The molecule has 0 aliphatic heterocycles. The van der Waals surface area contributed by atoms with Gasteiger partial charge in [-0.2, -0.15) is 0 Å². The van der Waals surface area contributed by atoms with E-state index in [0.717, 1.165) is 51.4 Å². The molecule has 0 aliphatic carbocycles. The molecular weight excluding hydrogens is 858 g/mol. The summed E-state index contributed by atoms with van der Waals surface area (Å²) in [5, 5.41) is 0. The summed E-state index contributed by atoms with van der Waals surface area (Å²) < 4.78 is 32.9.